The van der Waals surface area contributed by atoms with Gasteiger partial charge in [-0.15, -0.1) is 12.4 Å². The molecule has 1 saturated heterocycles. The normalized spacial score (nSPS) is 26.5. The van der Waals surface area contributed by atoms with E-state index in [9.17, 15) is 4.79 Å². The molecular weight excluding hydrogens is 238 g/mol. The summed E-state index contributed by atoms with van der Waals surface area (Å²) in [5.41, 5.74) is 0. The number of hydrogen-bond acceptors (Lipinski definition) is 3. The van der Waals surface area contributed by atoms with E-state index in [1.54, 1.807) is 0 Å². The summed E-state index contributed by atoms with van der Waals surface area (Å²) < 4.78 is 0. The molecule has 0 aromatic heterocycles. The second kappa shape index (κ2) is 7.19. The van der Waals surface area contributed by atoms with Crippen LogP contribution in [-0.4, -0.2) is 49.1 Å². The summed E-state index contributed by atoms with van der Waals surface area (Å²) in [6.07, 6.45) is 4.88. The van der Waals surface area contributed by atoms with E-state index in [0.29, 0.717) is 18.6 Å². The Balaban J connectivity index is 0.00000144. The van der Waals surface area contributed by atoms with Gasteiger partial charge in [-0.05, 0) is 19.8 Å². The fourth-order valence-electron chi connectivity index (χ4n) is 2.65. The van der Waals surface area contributed by atoms with Gasteiger partial charge >= 0.3 is 0 Å². The van der Waals surface area contributed by atoms with Crippen molar-refractivity contribution < 1.29 is 4.79 Å². The van der Waals surface area contributed by atoms with Crippen molar-refractivity contribution >= 4 is 18.3 Å². The summed E-state index contributed by atoms with van der Waals surface area (Å²) in [6, 6.07) is 0.925. The molecule has 0 aromatic carbocycles. The van der Waals surface area contributed by atoms with E-state index < -0.39 is 0 Å². The first-order valence-electron chi connectivity index (χ1n) is 6.50. The largest absolute Gasteiger partial charge is 0.352 e. The molecule has 0 radical (unpaired) electrons. The van der Waals surface area contributed by atoms with Gasteiger partial charge in [-0.2, -0.15) is 0 Å². The van der Waals surface area contributed by atoms with Crippen LogP contribution >= 0.6 is 12.4 Å². The van der Waals surface area contributed by atoms with Gasteiger partial charge in [0.15, 0.2) is 0 Å². The minimum atomic E-state index is 0. The van der Waals surface area contributed by atoms with Crippen molar-refractivity contribution in [3.05, 3.63) is 0 Å². The molecule has 1 saturated carbocycles. The number of halogens is 1. The predicted molar refractivity (Wildman–Crippen MR) is 71.6 cm³/mol. The van der Waals surface area contributed by atoms with E-state index in [4.69, 9.17) is 0 Å². The first-order valence-corrected chi connectivity index (χ1v) is 6.50. The second-order valence-electron chi connectivity index (χ2n) is 5.07. The Hall–Kier alpha value is -0.320. The summed E-state index contributed by atoms with van der Waals surface area (Å²) >= 11 is 0. The zero-order chi connectivity index (χ0) is 11.4. The van der Waals surface area contributed by atoms with E-state index in [0.717, 1.165) is 19.6 Å². The molecule has 2 fully saturated rings. The Labute approximate surface area is 110 Å². The molecule has 2 rings (SSSR count). The zero-order valence-corrected chi connectivity index (χ0v) is 11.4. The Morgan fingerprint density at radius 1 is 1.41 bits per heavy atom. The summed E-state index contributed by atoms with van der Waals surface area (Å²) in [6.45, 7) is 5.73. The number of nitrogens with one attached hydrogen (secondary N) is 2. The Morgan fingerprint density at radius 3 is 2.76 bits per heavy atom. The SMILES string of the molecule is C[C@@H]1CNCCN1CC(=O)NC1CCCC1.Cl. The lowest BCUT2D eigenvalue weighted by Crippen LogP contribution is -2.53. The molecule has 0 bridgehead atoms. The number of amides is 1. The molecular formula is C12H24ClN3O. The zero-order valence-electron chi connectivity index (χ0n) is 10.6. The average Bonchev–Trinajstić information content (AvgIpc) is 2.74. The minimum Gasteiger partial charge on any atom is -0.352 e. The van der Waals surface area contributed by atoms with Gasteiger partial charge in [0.2, 0.25) is 5.91 Å². The predicted octanol–water partition coefficient (Wildman–Crippen LogP) is 0.761. The quantitative estimate of drug-likeness (QED) is 0.789. The summed E-state index contributed by atoms with van der Waals surface area (Å²) in [7, 11) is 0. The van der Waals surface area contributed by atoms with Gasteiger partial charge in [-0.1, -0.05) is 12.8 Å². The van der Waals surface area contributed by atoms with Gasteiger partial charge in [0.25, 0.3) is 0 Å². The molecule has 2 aliphatic rings. The Morgan fingerprint density at radius 2 is 2.12 bits per heavy atom. The van der Waals surface area contributed by atoms with E-state index in [1.165, 1.54) is 25.7 Å². The molecule has 1 amide bonds. The molecule has 1 heterocycles. The van der Waals surface area contributed by atoms with Gasteiger partial charge < -0.3 is 10.6 Å². The van der Waals surface area contributed by atoms with Crippen molar-refractivity contribution in [3.63, 3.8) is 0 Å². The fourth-order valence-corrected chi connectivity index (χ4v) is 2.65. The molecule has 5 heteroatoms. The van der Waals surface area contributed by atoms with Crippen LogP contribution in [0.2, 0.25) is 0 Å². The van der Waals surface area contributed by atoms with Crippen molar-refractivity contribution in [2.75, 3.05) is 26.2 Å². The van der Waals surface area contributed by atoms with Crippen LogP contribution in [0.25, 0.3) is 0 Å². The van der Waals surface area contributed by atoms with E-state index in [1.807, 2.05) is 0 Å². The van der Waals surface area contributed by atoms with Crippen LogP contribution in [0.4, 0.5) is 0 Å². The smallest absolute Gasteiger partial charge is 0.234 e. The highest BCUT2D eigenvalue weighted by atomic mass is 35.5. The monoisotopic (exact) mass is 261 g/mol. The fraction of sp³-hybridized carbons (Fsp3) is 0.917. The first kappa shape index (κ1) is 14.7. The lowest BCUT2D eigenvalue weighted by Gasteiger charge is -2.33. The highest BCUT2D eigenvalue weighted by Gasteiger charge is 2.22. The lowest BCUT2D eigenvalue weighted by atomic mass is 10.2. The van der Waals surface area contributed by atoms with Crippen molar-refractivity contribution in [1.29, 1.82) is 0 Å². The van der Waals surface area contributed by atoms with E-state index in [-0.39, 0.29) is 18.3 Å². The average molecular weight is 262 g/mol. The van der Waals surface area contributed by atoms with Crippen molar-refractivity contribution in [2.24, 2.45) is 0 Å². The van der Waals surface area contributed by atoms with Gasteiger partial charge in [0.05, 0.1) is 6.54 Å². The highest BCUT2D eigenvalue weighted by Crippen LogP contribution is 2.17. The molecule has 1 aliphatic heterocycles. The maximum Gasteiger partial charge on any atom is 0.234 e. The molecule has 4 nitrogen and oxygen atoms in total. The molecule has 0 spiro atoms. The van der Waals surface area contributed by atoms with Crippen molar-refractivity contribution in [2.45, 2.75) is 44.7 Å². The molecule has 2 N–H and O–H groups in total. The topological polar surface area (TPSA) is 44.4 Å². The molecule has 1 atom stereocenters. The van der Waals surface area contributed by atoms with Crippen LogP contribution in [0, 0.1) is 0 Å². The van der Waals surface area contributed by atoms with Crippen LogP contribution in [0.15, 0.2) is 0 Å². The number of carbonyl (C=O) groups is 1. The number of piperazine rings is 1. The first-order chi connectivity index (χ1) is 7.75. The standard InChI is InChI=1S/C12H23N3O.ClH/c1-10-8-13-6-7-15(10)9-12(16)14-11-4-2-3-5-11;/h10-11,13H,2-9H2,1H3,(H,14,16);1H/t10-;/m1./s1. The summed E-state index contributed by atoms with van der Waals surface area (Å²) in [5, 5.41) is 6.48. The molecule has 1 aliphatic carbocycles. The molecule has 0 unspecified atom stereocenters. The highest BCUT2D eigenvalue weighted by molar-refractivity contribution is 5.85. The molecule has 100 valence electrons. The van der Waals surface area contributed by atoms with Crippen LogP contribution in [0.5, 0.6) is 0 Å². The van der Waals surface area contributed by atoms with E-state index in [2.05, 4.69) is 22.5 Å². The van der Waals surface area contributed by atoms with Crippen molar-refractivity contribution in [3.8, 4) is 0 Å². The number of nitrogens with zero attached hydrogens (tertiary/aromatic N) is 1. The Kier molecular flexibility index (Phi) is 6.23. The van der Waals surface area contributed by atoms with Crippen LogP contribution < -0.4 is 10.6 Å². The maximum absolute atomic E-state index is 11.8. The third kappa shape index (κ3) is 4.45. The minimum absolute atomic E-state index is 0. The third-order valence-corrected chi connectivity index (χ3v) is 3.71. The van der Waals surface area contributed by atoms with Gasteiger partial charge in [0.1, 0.15) is 0 Å². The number of hydrogen-bond donors (Lipinski definition) is 2. The number of rotatable bonds is 3. The van der Waals surface area contributed by atoms with Gasteiger partial charge in [0, 0.05) is 31.7 Å². The van der Waals surface area contributed by atoms with E-state index >= 15 is 0 Å². The second-order valence-corrected chi connectivity index (χ2v) is 5.07. The van der Waals surface area contributed by atoms with Crippen molar-refractivity contribution in [1.82, 2.24) is 15.5 Å². The third-order valence-electron chi connectivity index (χ3n) is 3.71. The number of carbonyl (C=O) groups excluding carboxylic acids is 1. The molecule has 0 aromatic rings. The van der Waals surface area contributed by atoms with Gasteiger partial charge in [-0.25, -0.2) is 0 Å². The molecule has 17 heavy (non-hydrogen) atoms. The van der Waals surface area contributed by atoms with Gasteiger partial charge in [-0.3, -0.25) is 9.69 Å². The summed E-state index contributed by atoms with van der Waals surface area (Å²) in [4.78, 5) is 14.1. The van der Waals surface area contributed by atoms with Crippen LogP contribution in [0.1, 0.15) is 32.6 Å². The Bertz CT molecular complexity index is 244. The summed E-state index contributed by atoms with van der Waals surface area (Å²) in [5.74, 6) is 0.209. The lowest BCUT2D eigenvalue weighted by molar-refractivity contribution is -0.123. The van der Waals surface area contributed by atoms with Crippen LogP contribution in [0.3, 0.4) is 0 Å². The van der Waals surface area contributed by atoms with Crippen LogP contribution in [-0.2, 0) is 4.79 Å². The maximum atomic E-state index is 11.8.